The molecule has 0 aliphatic rings. The average molecular weight is 228 g/mol. The van der Waals surface area contributed by atoms with Gasteiger partial charge in [-0.15, -0.1) is 0 Å². The summed E-state index contributed by atoms with van der Waals surface area (Å²) in [4.78, 5) is 10.2. The predicted molar refractivity (Wildman–Crippen MR) is 56.5 cm³/mol. The van der Waals surface area contributed by atoms with Gasteiger partial charge < -0.3 is 4.52 Å². The van der Waals surface area contributed by atoms with E-state index in [9.17, 15) is 9.36 Å². The van der Waals surface area contributed by atoms with Crippen LogP contribution < -0.4 is 0 Å². The van der Waals surface area contributed by atoms with Gasteiger partial charge in [-0.05, 0) is 12.5 Å². The molecule has 0 spiro atoms. The van der Waals surface area contributed by atoms with Gasteiger partial charge in [-0.2, -0.15) is 0 Å². The van der Waals surface area contributed by atoms with E-state index in [0.717, 1.165) is 5.56 Å². The molecule has 82 valence electrons. The van der Waals surface area contributed by atoms with Crippen LogP contribution in [0.15, 0.2) is 30.3 Å². The molecular formula is C10H13O4P. The van der Waals surface area contributed by atoms with Crippen molar-refractivity contribution in [3.8, 4) is 0 Å². The monoisotopic (exact) mass is 228 g/mol. The Morgan fingerprint density at radius 2 is 2.00 bits per heavy atom. The summed E-state index contributed by atoms with van der Waals surface area (Å²) in [6.07, 6.45) is 0.112. The molecule has 1 rings (SSSR count). The lowest BCUT2D eigenvalue weighted by Crippen LogP contribution is -1.97. The van der Waals surface area contributed by atoms with Crippen LogP contribution in [0.4, 0.5) is 0 Å². The number of benzene rings is 1. The smallest absolute Gasteiger partial charge is 0.385 e. The first-order valence-corrected chi connectivity index (χ1v) is 6.32. The van der Waals surface area contributed by atoms with Crippen molar-refractivity contribution in [1.29, 1.82) is 0 Å². The van der Waals surface area contributed by atoms with E-state index >= 15 is 0 Å². The Hall–Kier alpha value is -1.12. The standard InChI is InChI=1S/C10H13O4P/c1-2-13-15(12,14-9-11)8-10-6-4-3-5-7-10/h3-7,9H,2,8H2,1H3. The van der Waals surface area contributed by atoms with Gasteiger partial charge in [-0.3, -0.25) is 9.32 Å². The summed E-state index contributed by atoms with van der Waals surface area (Å²) in [5.41, 5.74) is 0.816. The molecule has 15 heavy (non-hydrogen) atoms. The van der Waals surface area contributed by atoms with Gasteiger partial charge in [-0.1, -0.05) is 30.3 Å². The van der Waals surface area contributed by atoms with Crippen LogP contribution in [0.2, 0.25) is 0 Å². The van der Waals surface area contributed by atoms with E-state index < -0.39 is 7.60 Å². The molecule has 0 heterocycles. The number of carbonyl (C=O) groups excluding carboxylic acids is 1. The molecule has 5 heteroatoms. The molecule has 0 saturated heterocycles. The van der Waals surface area contributed by atoms with E-state index in [0.29, 0.717) is 0 Å². The normalized spacial score (nSPS) is 14.2. The molecule has 0 radical (unpaired) electrons. The molecule has 0 aliphatic heterocycles. The van der Waals surface area contributed by atoms with Gasteiger partial charge in [0.15, 0.2) is 0 Å². The second-order valence-electron chi connectivity index (χ2n) is 2.87. The summed E-state index contributed by atoms with van der Waals surface area (Å²) in [6.45, 7) is 2.11. The lowest BCUT2D eigenvalue weighted by atomic mass is 10.2. The van der Waals surface area contributed by atoms with Crippen LogP contribution in [-0.2, 0) is 24.6 Å². The molecule has 0 amide bonds. The Labute approximate surface area is 88.7 Å². The highest BCUT2D eigenvalue weighted by Crippen LogP contribution is 2.50. The minimum Gasteiger partial charge on any atom is -0.394 e. The van der Waals surface area contributed by atoms with Gasteiger partial charge in [-0.25, -0.2) is 4.57 Å². The molecular weight excluding hydrogens is 215 g/mol. The second kappa shape index (κ2) is 5.69. The van der Waals surface area contributed by atoms with Crippen LogP contribution in [0.5, 0.6) is 0 Å². The molecule has 1 aromatic rings. The largest absolute Gasteiger partial charge is 0.394 e. The second-order valence-corrected chi connectivity index (χ2v) is 4.88. The van der Waals surface area contributed by atoms with Crippen molar-refractivity contribution in [3.63, 3.8) is 0 Å². The first-order valence-electron chi connectivity index (χ1n) is 4.60. The third-order valence-electron chi connectivity index (χ3n) is 1.75. The summed E-state index contributed by atoms with van der Waals surface area (Å²) < 4.78 is 21.4. The summed E-state index contributed by atoms with van der Waals surface area (Å²) in [6, 6.07) is 9.12. The third-order valence-corrected chi connectivity index (χ3v) is 3.56. The van der Waals surface area contributed by atoms with Crippen molar-refractivity contribution in [1.82, 2.24) is 0 Å². The van der Waals surface area contributed by atoms with E-state index in [1.807, 2.05) is 18.2 Å². The third kappa shape index (κ3) is 3.86. The Kier molecular flexibility index (Phi) is 4.53. The van der Waals surface area contributed by atoms with Crippen molar-refractivity contribution in [2.24, 2.45) is 0 Å². The number of hydrogen-bond acceptors (Lipinski definition) is 4. The van der Waals surface area contributed by atoms with Gasteiger partial charge in [0.1, 0.15) is 0 Å². The number of rotatable bonds is 6. The van der Waals surface area contributed by atoms with Crippen molar-refractivity contribution in [3.05, 3.63) is 35.9 Å². The predicted octanol–water partition coefficient (Wildman–Crippen LogP) is 2.59. The van der Waals surface area contributed by atoms with Gasteiger partial charge in [0.25, 0.3) is 6.47 Å². The van der Waals surface area contributed by atoms with E-state index in [1.165, 1.54) is 0 Å². The zero-order valence-corrected chi connectivity index (χ0v) is 9.35. The highest BCUT2D eigenvalue weighted by Gasteiger charge is 2.25. The van der Waals surface area contributed by atoms with Gasteiger partial charge in [0, 0.05) is 0 Å². The van der Waals surface area contributed by atoms with Crippen molar-refractivity contribution in [2.75, 3.05) is 6.61 Å². The average Bonchev–Trinajstić information content (AvgIpc) is 2.19. The molecule has 0 saturated carbocycles. The molecule has 1 aromatic carbocycles. The molecule has 1 unspecified atom stereocenters. The minimum absolute atomic E-state index is 0.112. The zero-order valence-electron chi connectivity index (χ0n) is 8.46. The molecule has 0 bridgehead atoms. The lowest BCUT2D eigenvalue weighted by molar-refractivity contribution is -0.121. The zero-order chi connectivity index (χ0) is 11.1. The molecule has 4 nitrogen and oxygen atoms in total. The van der Waals surface area contributed by atoms with Crippen LogP contribution in [0, 0.1) is 0 Å². The minimum atomic E-state index is -3.31. The topological polar surface area (TPSA) is 52.6 Å². The van der Waals surface area contributed by atoms with Gasteiger partial charge in [0.05, 0.1) is 12.8 Å². The summed E-state index contributed by atoms with van der Waals surface area (Å²) >= 11 is 0. The lowest BCUT2D eigenvalue weighted by Gasteiger charge is -2.14. The molecule has 0 fully saturated rings. The van der Waals surface area contributed by atoms with E-state index in [1.54, 1.807) is 19.1 Å². The van der Waals surface area contributed by atoms with Gasteiger partial charge >= 0.3 is 7.60 Å². The summed E-state index contributed by atoms with van der Waals surface area (Å²) in [5.74, 6) is 0. The first kappa shape index (κ1) is 12.0. The van der Waals surface area contributed by atoms with Crippen LogP contribution in [0.25, 0.3) is 0 Å². The van der Waals surface area contributed by atoms with Gasteiger partial charge in [0.2, 0.25) is 0 Å². The van der Waals surface area contributed by atoms with Crippen molar-refractivity contribution < 1.29 is 18.4 Å². The summed E-state index contributed by atoms with van der Waals surface area (Å²) in [7, 11) is -3.31. The number of carbonyl (C=O) groups is 1. The SMILES string of the molecule is CCOP(=O)(Cc1ccccc1)OC=O. The van der Waals surface area contributed by atoms with Crippen LogP contribution in [0.1, 0.15) is 12.5 Å². The van der Waals surface area contributed by atoms with E-state index in [2.05, 4.69) is 4.52 Å². The molecule has 0 N–H and O–H groups in total. The van der Waals surface area contributed by atoms with Crippen molar-refractivity contribution >= 4 is 14.1 Å². The Morgan fingerprint density at radius 1 is 1.33 bits per heavy atom. The Bertz CT molecular complexity index is 350. The molecule has 0 aliphatic carbocycles. The van der Waals surface area contributed by atoms with Crippen LogP contribution in [0.3, 0.4) is 0 Å². The number of hydrogen-bond donors (Lipinski definition) is 0. The maximum atomic E-state index is 11.9. The highest BCUT2D eigenvalue weighted by atomic mass is 31.2. The fourth-order valence-electron chi connectivity index (χ4n) is 1.18. The first-order chi connectivity index (χ1) is 7.20. The fraction of sp³-hybridized carbons (Fsp3) is 0.300. The summed E-state index contributed by atoms with van der Waals surface area (Å²) in [5, 5.41) is 0. The van der Waals surface area contributed by atoms with E-state index in [-0.39, 0.29) is 19.2 Å². The Morgan fingerprint density at radius 3 is 2.53 bits per heavy atom. The van der Waals surface area contributed by atoms with Crippen LogP contribution in [-0.4, -0.2) is 13.1 Å². The molecule has 1 atom stereocenters. The maximum Gasteiger partial charge on any atom is 0.385 e. The maximum absolute atomic E-state index is 11.9. The quantitative estimate of drug-likeness (QED) is 0.554. The Balaban J connectivity index is 2.75. The van der Waals surface area contributed by atoms with Crippen LogP contribution >= 0.6 is 7.60 Å². The highest BCUT2D eigenvalue weighted by molar-refractivity contribution is 7.53. The van der Waals surface area contributed by atoms with E-state index in [4.69, 9.17) is 4.52 Å². The van der Waals surface area contributed by atoms with Crippen molar-refractivity contribution in [2.45, 2.75) is 13.1 Å². The molecule has 0 aromatic heterocycles. The fourth-order valence-corrected chi connectivity index (χ4v) is 2.59.